The van der Waals surface area contributed by atoms with Gasteiger partial charge in [0.2, 0.25) is 0 Å². The highest BCUT2D eigenvalue weighted by molar-refractivity contribution is 7.74. The number of hydrogen-bond acceptors (Lipinski definition) is 9. The summed E-state index contributed by atoms with van der Waals surface area (Å²) in [4.78, 5) is 17.6. The molecule has 248 valence electrons. The molecule has 2 aliphatic carbocycles. The SMILES string of the molecule is O=C(O[C@@H](Cc1c(Cl)cncc1Cl)c1ccc(OC(F)F)c(OCC2CC2)c1)c1ccc(CNCOS(=O)O)c(OCC2CC2)c1. The molecule has 0 saturated heterocycles. The Bertz CT molecular complexity index is 1520. The number of carbonyl (C=O) groups is 1. The van der Waals surface area contributed by atoms with Crippen molar-refractivity contribution >= 4 is 40.5 Å². The fourth-order valence-corrected chi connectivity index (χ4v) is 5.20. The van der Waals surface area contributed by atoms with Gasteiger partial charge in [0, 0.05) is 30.9 Å². The van der Waals surface area contributed by atoms with E-state index in [0.717, 1.165) is 25.7 Å². The summed E-state index contributed by atoms with van der Waals surface area (Å²) in [6.07, 6.45) is 6.01. The monoisotopic (exact) mass is 700 g/mol. The number of pyridine rings is 1. The molecule has 0 amide bonds. The van der Waals surface area contributed by atoms with E-state index < -0.39 is 30.0 Å². The fourth-order valence-electron chi connectivity index (χ4n) is 4.50. The van der Waals surface area contributed by atoms with Crippen LogP contribution in [0.25, 0.3) is 0 Å². The molecule has 0 aliphatic heterocycles. The lowest BCUT2D eigenvalue weighted by atomic mass is 10.0. The van der Waals surface area contributed by atoms with Crippen LogP contribution >= 0.6 is 23.2 Å². The molecule has 2 saturated carbocycles. The van der Waals surface area contributed by atoms with Gasteiger partial charge in [-0.1, -0.05) is 35.3 Å². The van der Waals surface area contributed by atoms with Crippen LogP contribution in [0.3, 0.4) is 0 Å². The zero-order valence-corrected chi connectivity index (χ0v) is 26.8. The van der Waals surface area contributed by atoms with Crippen LogP contribution in [0.2, 0.25) is 10.0 Å². The normalized spacial score (nSPS) is 15.8. The number of alkyl halides is 2. The third-order valence-electron chi connectivity index (χ3n) is 7.37. The first-order chi connectivity index (χ1) is 22.2. The highest BCUT2D eigenvalue weighted by Crippen LogP contribution is 2.38. The zero-order chi connectivity index (χ0) is 32.6. The van der Waals surface area contributed by atoms with Crippen molar-refractivity contribution in [3.63, 3.8) is 0 Å². The fraction of sp³-hybridized carbons (Fsp3) is 0.419. The summed E-state index contributed by atoms with van der Waals surface area (Å²) in [5.41, 5.74) is 1.81. The van der Waals surface area contributed by atoms with Gasteiger partial charge in [0.05, 0.1) is 28.8 Å². The van der Waals surface area contributed by atoms with Crippen LogP contribution in [0, 0.1) is 11.8 Å². The third-order valence-corrected chi connectivity index (χ3v) is 8.34. The van der Waals surface area contributed by atoms with Gasteiger partial charge in [-0.3, -0.25) is 19.0 Å². The number of carbonyl (C=O) groups excluding carboxylic acids is 1. The van der Waals surface area contributed by atoms with Gasteiger partial charge in [-0.2, -0.15) is 13.0 Å². The number of esters is 1. The number of benzene rings is 2. The van der Waals surface area contributed by atoms with Gasteiger partial charge >= 0.3 is 23.9 Å². The van der Waals surface area contributed by atoms with Gasteiger partial charge in [0.15, 0.2) is 11.5 Å². The Morgan fingerprint density at radius 3 is 2.28 bits per heavy atom. The molecule has 1 aromatic heterocycles. The topological polar surface area (TPSA) is 125 Å². The van der Waals surface area contributed by atoms with E-state index in [1.165, 1.54) is 30.6 Å². The van der Waals surface area contributed by atoms with Gasteiger partial charge in [0.1, 0.15) is 18.6 Å². The molecule has 0 radical (unpaired) electrons. The Morgan fingerprint density at radius 2 is 1.65 bits per heavy atom. The van der Waals surface area contributed by atoms with Crippen molar-refractivity contribution in [2.24, 2.45) is 11.8 Å². The largest absolute Gasteiger partial charge is 0.493 e. The van der Waals surface area contributed by atoms with Crippen LogP contribution in [-0.2, 0) is 33.2 Å². The van der Waals surface area contributed by atoms with Crippen molar-refractivity contribution in [2.45, 2.75) is 51.4 Å². The molecule has 5 rings (SSSR count). The molecule has 2 N–H and O–H groups in total. The Kier molecular flexibility index (Phi) is 12.0. The maximum Gasteiger partial charge on any atom is 0.387 e. The first-order valence-corrected chi connectivity index (χ1v) is 16.4. The highest BCUT2D eigenvalue weighted by atomic mass is 35.5. The van der Waals surface area contributed by atoms with Crippen molar-refractivity contribution in [3.05, 3.63) is 81.1 Å². The maximum absolute atomic E-state index is 13.7. The molecule has 46 heavy (non-hydrogen) atoms. The van der Waals surface area contributed by atoms with Crippen molar-refractivity contribution in [3.8, 4) is 17.2 Å². The van der Waals surface area contributed by atoms with Gasteiger partial charge in [-0.05, 0) is 72.9 Å². The van der Waals surface area contributed by atoms with Crippen LogP contribution in [0.5, 0.6) is 17.2 Å². The molecule has 10 nitrogen and oxygen atoms in total. The number of aromatic nitrogens is 1. The smallest absolute Gasteiger partial charge is 0.387 e. The summed E-state index contributed by atoms with van der Waals surface area (Å²) in [5, 5.41) is 3.41. The summed E-state index contributed by atoms with van der Waals surface area (Å²) >= 11 is 10.4. The predicted molar refractivity (Wildman–Crippen MR) is 166 cm³/mol. The lowest BCUT2D eigenvalue weighted by Crippen LogP contribution is -2.19. The Morgan fingerprint density at radius 1 is 0.978 bits per heavy atom. The first kappa shape index (κ1) is 34.3. The lowest BCUT2D eigenvalue weighted by Gasteiger charge is -2.22. The number of rotatable bonds is 18. The summed E-state index contributed by atoms with van der Waals surface area (Å²) in [7, 11) is 0. The van der Waals surface area contributed by atoms with Gasteiger partial charge in [-0.25, -0.2) is 4.79 Å². The van der Waals surface area contributed by atoms with E-state index >= 15 is 0 Å². The average molecular weight is 702 g/mol. The standard InChI is InChI=1S/C31H32Cl2F2N2O8S/c32-24-13-36-14-25(33)23(24)11-28(20-7-8-26(45-31(34)35)29(9-20)42-16-19-3-4-19)44-30(38)21-5-6-22(12-37-17-43-46(39)40)27(10-21)41-15-18-1-2-18/h5-10,13-14,18-19,28,31,37H,1-4,11-12,15-17H2,(H,39,40)/t28-/m0/s1. The van der Waals surface area contributed by atoms with Crippen molar-refractivity contribution < 1.29 is 45.5 Å². The average Bonchev–Trinajstić information content (AvgIpc) is 3.95. The Balaban J connectivity index is 1.41. The minimum Gasteiger partial charge on any atom is -0.493 e. The van der Waals surface area contributed by atoms with Crippen LogP contribution in [0.1, 0.15) is 58.8 Å². The summed E-state index contributed by atoms with van der Waals surface area (Å²) < 4.78 is 73.1. The molecular weight excluding hydrogens is 669 g/mol. The number of halogens is 4. The second kappa shape index (κ2) is 16.2. The molecule has 2 aliphatic rings. The Labute approximate surface area is 277 Å². The van der Waals surface area contributed by atoms with Gasteiger partial charge < -0.3 is 18.9 Å². The molecular formula is C31H32Cl2F2N2O8S. The highest BCUT2D eigenvalue weighted by Gasteiger charge is 2.27. The first-order valence-electron chi connectivity index (χ1n) is 14.6. The van der Waals surface area contributed by atoms with Crippen molar-refractivity contribution in [2.75, 3.05) is 19.9 Å². The third kappa shape index (κ3) is 10.2. The predicted octanol–water partition coefficient (Wildman–Crippen LogP) is 6.91. The minimum absolute atomic E-state index is 0.0440. The van der Waals surface area contributed by atoms with E-state index in [0.29, 0.717) is 47.5 Å². The van der Waals surface area contributed by atoms with E-state index in [1.807, 2.05) is 0 Å². The molecule has 15 heteroatoms. The molecule has 0 spiro atoms. The van der Waals surface area contributed by atoms with Crippen LogP contribution in [-0.4, -0.2) is 46.3 Å². The van der Waals surface area contributed by atoms with Crippen molar-refractivity contribution in [1.82, 2.24) is 10.3 Å². The molecule has 3 aromatic rings. The molecule has 2 aromatic carbocycles. The van der Waals surface area contributed by atoms with Crippen molar-refractivity contribution in [1.29, 1.82) is 0 Å². The number of hydrogen-bond donors (Lipinski definition) is 2. The second-order valence-corrected chi connectivity index (χ2v) is 12.5. The zero-order valence-electron chi connectivity index (χ0n) is 24.5. The molecule has 1 unspecified atom stereocenters. The van der Waals surface area contributed by atoms with Crippen LogP contribution in [0.4, 0.5) is 8.78 Å². The summed E-state index contributed by atoms with van der Waals surface area (Å²) in [5.74, 6) is 0.492. The quantitative estimate of drug-likeness (QED) is 0.0626. The van der Waals surface area contributed by atoms with E-state index in [9.17, 15) is 17.8 Å². The second-order valence-electron chi connectivity index (χ2n) is 11.0. The van der Waals surface area contributed by atoms with E-state index in [1.54, 1.807) is 18.2 Å². The molecule has 2 atom stereocenters. The van der Waals surface area contributed by atoms with Gasteiger partial charge in [-0.15, -0.1) is 0 Å². The summed E-state index contributed by atoms with van der Waals surface area (Å²) in [6.45, 7) is -2.18. The van der Waals surface area contributed by atoms with E-state index in [-0.39, 0.29) is 46.8 Å². The Hall–Kier alpha value is -3.07. The number of nitrogens with one attached hydrogen (secondary N) is 1. The van der Waals surface area contributed by atoms with E-state index in [4.69, 9.17) is 42.0 Å². The van der Waals surface area contributed by atoms with Crippen LogP contribution < -0.4 is 19.5 Å². The lowest BCUT2D eigenvalue weighted by molar-refractivity contribution is -0.0515. The molecule has 0 bridgehead atoms. The minimum atomic E-state index is -3.06. The maximum atomic E-state index is 13.7. The molecule has 2 fully saturated rings. The van der Waals surface area contributed by atoms with Gasteiger partial charge in [0.25, 0.3) is 0 Å². The number of ether oxygens (including phenoxy) is 4. The number of nitrogens with zero attached hydrogens (tertiary/aromatic N) is 1. The molecule has 1 heterocycles. The van der Waals surface area contributed by atoms with E-state index in [2.05, 4.69) is 19.2 Å². The van der Waals surface area contributed by atoms with Crippen LogP contribution in [0.15, 0.2) is 48.8 Å². The summed E-state index contributed by atoms with van der Waals surface area (Å²) in [6, 6.07) is 9.21.